The van der Waals surface area contributed by atoms with E-state index < -0.39 is 21.6 Å². The van der Waals surface area contributed by atoms with Gasteiger partial charge in [-0.1, -0.05) is 44.2 Å². The number of benzene rings is 2. The zero-order valence-corrected chi connectivity index (χ0v) is 16.4. The minimum absolute atomic E-state index is 0.0520. The number of amides is 1. The molecule has 0 unspecified atom stereocenters. The molecule has 0 radical (unpaired) electrons. The number of halogens is 1. The number of hydrogen-bond donors (Lipinski definition) is 1. The molecule has 0 aliphatic rings. The Kier molecular flexibility index (Phi) is 5.43. The van der Waals surface area contributed by atoms with E-state index >= 15 is 0 Å². The van der Waals surface area contributed by atoms with Crippen molar-refractivity contribution >= 4 is 32.1 Å². The van der Waals surface area contributed by atoms with Gasteiger partial charge in [0.15, 0.2) is 0 Å². The molecule has 27 heavy (non-hydrogen) atoms. The number of thiophene rings is 1. The van der Waals surface area contributed by atoms with E-state index in [1.54, 1.807) is 24.3 Å². The van der Waals surface area contributed by atoms with E-state index in [4.69, 9.17) is 0 Å². The summed E-state index contributed by atoms with van der Waals surface area (Å²) in [6.45, 7) is 3.87. The highest BCUT2D eigenvalue weighted by atomic mass is 32.2. The van der Waals surface area contributed by atoms with E-state index in [0.29, 0.717) is 5.00 Å². The maximum absolute atomic E-state index is 13.7. The number of sulfone groups is 1. The van der Waals surface area contributed by atoms with Gasteiger partial charge in [0.2, 0.25) is 9.84 Å². The molecule has 0 bridgehead atoms. The number of nitrogens with one attached hydrogen (secondary N) is 1. The van der Waals surface area contributed by atoms with Gasteiger partial charge in [0.1, 0.15) is 10.0 Å². The molecule has 1 N–H and O–H groups in total. The maximum Gasteiger partial charge on any atom is 0.259 e. The van der Waals surface area contributed by atoms with Crippen LogP contribution in [-0.2, 0) is 9.84 Å². The van der Waals surface area contributed by atoms with Gasteiger partial charge in [0, 0.05) is 0 Å². The third kappa shape index (κ3) is 3.94. The Morgan fingerprint density at radius 1 is 1.00 bits per heavy atom. The number of rotatable bonds is 5. The van der Waals surface area contributed by atoms with E-state index in [2.05, 4.69) is 5.32 Å². The summed E-state index contributed by atoms with van der Waals surface area (Å²) < 4.78 is 39.9. The average molecular weight is 404 g/mol. The molecule has 0 aliphatic heterocycles. The van der Waals surface area contributed by atoms with Crippen LogP contribution in [0.1, 0.15) is 35.7 Å². The van der Waals surface area contributed by atoms with Crippen LogP contribution in [0.3, 0.4) is 0 Å². The Bertz CT molecular complexity index is 1090. The molecular weight excluding hydrogens is 385 g/mol. The van der Waals surface area contributed by atoms with E-state index in [0.717, 1.165) is 16.9 Å². The molecule has 1 aromatic heterocycles. The number of anilines is 1. The molecule has 3 aromatic rings. The van der Waals surface area contributed by atoms with E-state index in [1.165, 1.54) is 30.3 Å². The van der Waals surface area contributed by atoms with Crippen molar-refractivity contribution in [1.82, 2.24) is 0 Å². The maximum atomic E-state index is 13.7. The monoisotopic (exact) mass is 403 g/mol. The van der Waals surface area contributed by atoms with Gasteiger partial charge >= 0.3 is 0 Å². The van der Waals surface area contributed by atoms with Crippen molar-refractivity contribution in [3.05, 3.63) is 77.6 Å². The first kappa shape index (κ1) is 19.3. The van der Waals surface area contributed by atoms with Crippen molar-refractivity contribution in [1.29, 1.82) is 0 Å². The van der Waals surface area contributed by atoms with Crippen LogP contribution in [0.4, 0.5) is 9.39 Å². The Morgan fingerprint density at radius 2 is 1.67 bits per heavy atom. The third-order valence-corrected chi connectivity index (χ3v) is 7.35. The first-order valence-electron chi connectivity index (χ1n) is 8.30. The molecule has 0 saturated carbocycles. The topological polar surface area (TPSA) is 63.2 Å². The summed E-state index contributed by atoms with van der Waals surface area (Å²) in [7, 11) is -3.71. The molecule has 0 spiro atoms. The van der Waals surface area contributed by atoms with Crippen LogP contribution in [0.5, 0.6) is 0 Å². The molecule has 0 aliphatic carbocycles. The molecule has 4 nitrogen and oxygen atoms in total. The van der Waals surface area contributed by atoms with Crippen LogP contribution in [0.25, 0.3) is 0 Å². The summed E-state index contributed by atoms with van der Waals surface area (Å²) in [5.41, 5.74) is 0.642. The van der Waals surface area contributed by atoms with Gasteiger partial charge in [-0.25, -0.2) is 12.8 Å². The van der Waals surface area contributed by atoms with Crippen LogP contribution >= 0.6 is 11.3 Å². The van der Waals surface area contributed by atoms with Gasteiger partial charge in [-0.2, -0.15) is 0 Å². The van der Waals surface area contributed by atoms with Crippen LogP contribution < -0.4 is 5.32 Å². The second-order valence-corrected chi connectivity index (χ2v) is 9.48. The van der Waals surface area contributed by atoms with Crippen LogP contribution in [-0.4, -0.2) is 14.3 Å². The lowest BCUT2D eigenvalue weighted by Gasteiger charge is -2.12. The Hall–Kier alpha value is -2.51. The van der Waals surface area contributed by atoms with Crippen LogP contribution in [0.2, 0.25) is 0 Å². The quantitative estimate of drug-likeness (QED) is 0.645. The average Bonchev–Trinajstić information content (AvgIpc) is 3.11. The molecule has 3 rings (SSSR count). The normalized spacial score (nSPS) is 11.6. The number of carbonyl (C=O) groups is 1. The second kappa shape index (κ2) is 7.62. The highest BCUT2D eigenvalue weighted by Crippen LogP contribution is 2.34. The fourth-order valence-corrected chi connectivity index (χ4v) is 5.61. The molecule has 1 amide bonds. The SMILES string of the molecule is CC(C)c1ccccc1S(=O)(=O)c1ccc(NC(=O)c2ccccc2F)s1. The molecule has 0 atom stereocenters. The predicted molar refractivity (Wildman–Crippen MR) is 105 cm³/mol. The highest BCUT2D eigenvalue weighted by molar-refractivity contribution is 7.93. The highest BCUT2D eigenvalue weighted by Gasteiger charge is 2.24. The largest absolute Gasteiger partial charge is 0.313 e. The standard InChI is InChI=1S/C20H18FNO3S2/c1-13(2)14-7-4-6-10-17(14)27(24,25)19-12-11-18(26-19)22-20(23)15-8-3-5-9-16(15)21/h3-13H,1-2H3,(H,22,23). The van der Waals surface area contributed by atoms with Crippen molar-refractivity contribution in [3.63, 3.8) is 0 Å². The van der Waals surface area contributed by atoms with Gasteiger partial charge in [-0.3, -0.25) is 4.79 Å². The van der Waals surface area contributed by atoms with Crippen molar-refractivity contribution in [2.24, 2.45) is 0 Å². The number of hydrogen-bond acceptors (Lipinski definition) is 4. The minimum atomic E-state index is -3.71. The fourth-order valence-electron chi connectivity index (χ4n) is 2.67. The van der Waals surface area contributed by atoms with Gasteiger partial charge in [0.25, 0.3) is 5.91 Å². The Labute approximate surface area is 161 Å². The van der Waals surface area contributed by atoms with E-state index in [9.17, 15) is 17.6 Å². The fraction of sp³-hybridized carbons (Fsp3) is 0.150. The molecular formula is C20H18FNO3S2. The van der Waals surface area contributed by atoms with Gasteiger partial charge in [0.05, 0.1) is 15.5 Å². The Balaban J connectivity index is 1.90. The van der Waals surface area contributed by atoms with Crippen LogP contribution in [0, 0.1) is 5.82 Å². The molecule has 2 aromatic carbocycles. The van der Waals surface area contributed by atoms with Crippen molar-refractivity contribution in [2.75, 3.05) is 5.32 Å². The molecule has 1 heterocycles. The summed E-state index contributed by atoms with van der Waals surface area (Å²) in [5.74, 6) is -1.21. The summed E-state index contributed by atoms with van der Waals surface area (Å²) in [5, 5.41) is 2.89. The minimum Gasteiger partial charge on any atom is -0.313 e. The summed E-state index contributed by atoms with van der Waals surface area (Å²) in [6, 6.07) is 15.5. The van der Waals surface area contributed by atoms with Crippen molar-refractivity contribution in [3.8, 4) is 0 Å². The Morgan fingerprint density at radius 3 is 2.37 bits per heavy atom. The van der Waals surface area contributed by atoms with E-state index in [-0.39, 0.29) is 20.6 Å². The summed E-state index contributed by atoms with van der Waals surface area (Å²) in [6.07, 6.45) is 0. The lowest BCUT2D eigenvalue weighted by Crippen LogP contribution is -2.12. The summed E-state index contributed by atoms with van der Waals surface area (Å²) >= 11 is 0.942. The zero-order chi connectivity index (χ0) is 19.6. The van der Waals surface area contributed by atoms with Crippen LogP contribution in [0.15, 0.2) is 69.8 Å². The molecule has 0 fully saturated rings. The van der Waals surface area contributed by atoms with Gasteiger partial charge in [-0.15, -0.1) is 11.3 Å². The molecule has 140 valence electrons. The van der Waals surface area contributed by atoms with Crippen molar-refractivity contribution < 1.29 is 17.6 Å². The second-order valence-electron chi connectivity index (χ2n) is 6.25. The lowest BCUT2D eigenvalue weighted by molar-refractivity contribution is 0.102. The number of carbonyl (C=O) groups excluding carboxylic acids is 1. The predicted octanol–water partition coefficient (Wildman–Crippen LogP) is 5.10. The van der Waals surface area contributed by atoms with Crippen molar-refractivity contribution in [2.45, 2.75) is 28.9 Å². The first-order valence-corrected chi connectivity index (χ1v) is 10.6. The van der Waals surface area contributed by atoms with E-state index in [1.807, 2.05) is 19.9 Å². The lowest BCUT2D eigenvalue weighted by atomic mass is 10.0. The molecule has 0 saturated heterocycles. The van der Waals surface area contributed by atoms with Gasteiger partial charge in [-0.05, 0) is 41.8 Å². The third-order valence-electron chi connectivity index (χ3n) is 4.03. The first-order chi connectivity index (χ1) is 12.8. The van der Waals surface area contributed by atoms with Gasteiger partial charge < -0.3 is 5.32 Å². The zero-order valence-electron chi connectivity index (χ0n) is 14.8. The summed E-state index contributed by atoms with van der Waals surface area (Å²) in [4.78, 5) is 12.5. The smallest absolute Gasteiger partial charge is 0.259 e. The molecule has 7 heteroatoms.